The molecule has 0 saturated carbocycles. The van der Waals surface area contributed by atoms with Crippen LogP contribution in [0.15, 0.2) is 97.1 Å². The Morgan fingerprint density at radius 2 is 1.57 bits per heavy atom. The number of para-hydroxylation sites is 1. The van der Waals surface area contributed by atoms with Crippen molar-refractivity contribution in [1.82, 2.24) is 5.32 Å². The minimum absolute atomic E-state index is 0.278. The van der Waals surface area contributed by atoms with Gasteiger partial charge in [0.1, 0.15) is 11.9 Å². The van der Waals surface area contributed by atoms with E-state index in [1.165, 1.54) is 23.9 Å². The number of carboxylic acid groups (broad SMARTS) is 1. The maximum absolute atomic E-state index is 14.0. The van der Waals surface area contributed by atoms with Crippen LogP contribution in [0.4, 0.5) is 10.1 Å². The first-order valence-electron chi connectivity index (χ1n) is 13.1. The summed E-state index contributed by atoms with van der Waals surface area (Å²) in [5.74, 6) is -1.12. The first-order valence-corrected chi connectivity index (χ1v) is 14.5. The number of anilines is 1. The lowest BCUT2D eigenvalue weighted by Crippen LogP contribution is -2.41. The molecule has 4 rings (SSSR count). The molecule has 4 aromatic carbocycles. The average Bonchev–Trinajstić information content (AvgIpc) is 2.95. The number of benzene rings is 4. The second-order valence-corrected chi connectivity index (χ2v) is 10.6. The van der Waals surface area contributed by atoms with E-state index in [4.69, 9.17) is 0 Å². The Kier molecular flexibility index (Phi) is 9.97. The van der Waals surface area contributed by atoms with E-state index in [1.54, 1.807) is 12.1 Å². The summed E-state index contributed by atoms with van der Waals surface area (Å²) < 4.78 is 14.0. The monoisotopic (exact) mass is 556 g/mol. The zero-order valence-corrected chi connectivity index (χ0v) is 23.5. The van der Waals surface area contributed by atoms with Gasteiger partial charge in [0, 0.05) is 24.3 Å². The Balaban J connectivity index is 1.71. The van der Waals surface area contributed by atoms with E-state index < -0.39 is 17.9 Å². The smallest absolute Gasteiger partial charge is 0.326 e. The van der Waals surface area contributed by atoms with E-state index in [1.807, 2.05) is 86.0 Å². The number of carbonyl (C=O) groups excluding carboxylic acids is 1. The molecule has 5 nitrogen and oxygen atoms in total. The summed E-state index contributed by atoms with van der Waals surface area (Å²) in [6.07, 6.45) is 2.24. The fourth-order valence-electron chi connectivity index (χ4n) is 4.67. The Morgan fingerprint density at radius 3 is 2.25 bits per heavy atom. The van der Waals surface area contributed by atoms with Gasteiger partial charge in [-0.15, -0.1) is 0 Å². The van der Waals surface area contributed by atoms with E-state index >= 15 is 0 Å². The molecule has 0 fully saturated rings. The van der Waals surface area contributed by atoms with Gasteiger partial charge in [-0.25, -0.2) is 9.18 Å². The number of rotatable bonds is 12. The van der Waals surface area contributed by atoms with Crippen molar-refractivity contribution in [3.63, 3.8) is 0 Å². The standard InChI is InChI=1S/C33H33FN2O3S/c1-23-9-6-7-14-28(23)30-20-25(15-16-29(30)32(37)35-31(33(38)39)17-18-40-2)22-36(27-12-4-3-5-13-27)21-24-10-8-11-26(34)19-24/h3-16,19-20,31H,17-18,21-22H2,1-2H3,(H,35,37)(H,38,39)/t31-/m0/s1. The van der Waals surface area contributed by atoms with Crippen LogP contribution in [0.2, 0.25) is 0 Å². The highest BCUT2D eigenvalue weighted by molar-refractivity contribution is 7.98. The minimum atomic E-state index is -1.05. The number of hydrogen-bond donors (Lipinski definition) is 2. The number of hydrogen-bond acceptors (Lipinski definition) is 4. The zero-order valence-electron chi connectivity index (χ0n) is 22.6. The van der Waals surface area contributed by atoms with E-state index in [9.17, 15) is 19.1 Å². The predicted molar refractivity (Wildman–Crippen MR) is 161 cm³/mol. The molecular weight excluding hydrogens is 523 g/mol. The lowest BCUT2D eigenvalue weighted by atomic mass is 9.93. The lowest BCUT2D eigenvalue weighted by molar-refractivity contribution is -0.139. The summed E-state index contributed by atoms with van der Waals surface area (Å²) in [5, 5.41) is 12.4. The fraction of sp³-hybridized carbons (Fsp3) is 0.212. The first-order chi connectivity index (χ1) is 19.4. The molecule has 7 heteroatoms. The molecule has 0 unspecified atom stereocenters. The molecule has 1 amide bonds. The minimum Gasteiger partial charge on any atom is -0.480 e. The number of nitrogens with one attached hydrogen (secondary N) is 1. The van der Waals surface area contributed by atoms with E-state index in [0.29, 0.717) is 30.8 Å². The van der Waals surface area contributed by atoms with Crippen molar-refractivity contribution in [1.29, 1.82) is 0 Å². The van der Waals surface area contributed by atoms with Crippen molar-refractivity contribution in [2.24, 2.45) is 0 Å². The van der Waals surface area contributed by atoms with E-state index in [0.717, 1.165) is 33.5 Å². The highest BCUT2D eigenvalue weighted by Crippen LogP contribution is 2.30. The van der Waals surface area contributed by atoms with Crippen LogP contribution in [0, 0.1) is 12.7 Å². The normalized spacial score (nSPS) is 11.6. The molecule has 0 aliphatic rings. The quantitative estimate of drug-likeness (QED) is 0.198. The third kappa shape index (κ3) is 7.51. The highest BCUT2D eigenvalue weighted by atomic mass is 32.2. The SMILES string of the molecule is CSCC[C@H](NC(=O)c1ccc(CN(Cc2cccc(F)c2)c2ccccc2)cc1-c1ccccc1C)C(=O)O. The topological polar surface area (TPSA) is 69.6 Å². The second-order valence-electron chi connectivity index (χ2n) is 9.66. The summed E-state index contributed by atoms with van der Waals surface area (Å²) in [6, 6.07) is 29.0. The van der Waals surface area contributed by atoms with Crippen LogP contribution < -0.4 is 10.2 Å². The van der Waals surface area contributed by atoms with Crippen LogP contribution >= 0.6 is 11.8 Å². The van der Waals surface area contributed by atoms with Crippen LogP contribution in [0.1, 0.15) is 33.5 Å². The Morgan fingerprint density at radius 1 is 0.875 bits per heavy atom. The molecule has 2 N–H and O–H groups in total. The summed E-state index contributed by atoms with van der Waals surface area (Å²) in [6.45, 7) is 3.01. The first kappa shape index (κ1) is 28.9. The number of nitrogens with zero attached hydrogens (tertiary/aromatic N) is 1. The molecule has 0 bridgehead atoms. The van der Waals surface area contributed by atoms with Crippen molar-refractivity contribution in [3.05, 3.63) is 125 Å². The maximum Gasteiger partial charge on any atom is 0.326 e. The number of aryl methyl sites for hydroxylation is 1. The number of thioether (sulfide) groups is 1. The predicted octanol–water partition coefficient (Wildman–Crippen LogP) is 6.94. The maximum atomic E-state index is 14.0. The molecule has 0 heterocycles. The van der Waals surface area contributed by atoms with Crippen molar-refractivity contribution in [2.45, 2.75) is 32.5 Å². The average molecular weight is 557 g/mol. The molecule has 4 aromatic rings. The van der Waals surface area contributed by atoms with Gasteiger partial charge in [-0.3, -0.25) is 4.79 Å². The van der Waals surface area contributed by atoms with Crippen LogP contribution in [0.25, 0.3) is 11.1 Å². The molecule has 0 aliphatic carbocycles. The number of halogens is 1. The van der Waals surface area contributed by atoms with Gasteiger partial charge in [-0.05, 0) is 89.6 Å². The third-order valence-corrected chi connectivity index (χ3v) is 7.38. The van der Waals surface area contributed by atoms with Crippen LogP contribution in [0.3, 0.4) is 0 Å². The summed E-state index contributed by atoms with van der Waals surface area (Å²) in [7, 11) is 0. The summed E-state index contributed by atoms with van der Waals surface area (Å²) in [5.41, 5.74) is 5.87. The van der Waals surface area contributed by atoms with Crippen LogP contribution in [-0.2, 0) is 17.9 Å². The van der Waals surface area contributed by atoms with Crippen molar-refractivity contribution < 1.29 is 19.1 Å². The van der Waals surface area contributed by atoms with E-state index in [-0.39, 0.29) is 5.82 Å². The molecule has 206 valence electrons. The fourth-order valence-corrected chi connectivity index (χ4v) is 5.14. The number of aliphatic carboxylic acids is 1. The van der Waals surface area contributed by atoms with Crippen molar-refractivity contribution in [2.75, 3.05) is 16.9 Å². The molecule has 1 atom stereocenters. The Bertz CT molecular complexity index is 1460. The zero-order chi connectivity index (χ0) is 28.5. The molecule has 0 spiro atoms. The number of amides is 1. The Hall–Kier alpha value is -4.10. The van der Waals surface area contributed by atoms with Crippen LogP contribution in [0.5, 0.6) is 0 Å². The van der Waals surface area contributed by atoms with E-state index in [2.05, 4.69) is 10.2 Å². The van der Waals surface area contributed by atoms with Gasteiger partial charge in [0.05, 0.1) is 0 Å². The molecule has 0 saturated heterocycles. The number of carboxylic acids is 1. The molecule has 0 aromatic heterocycles. The van der Waals surface area contributed by atoms with Gasteiger partial charge in [-0.1, -0.05) is 60.7 Å². The van der Waals surface area contributed by atoms with Crippen molar-refractivity contribution >= 4 is 29.3 Å². The summed E-state index contributed by atoms with van der Waals surface area (Å²) in [4.78, 5) is 27.4. The van der Waals surface area contributed by atoms with Crippen molar-refractivity contribution in [3.8, 4) is 11.1 Å². The van der Waals surface area contributed by atoms with Crippen LogP contribution in [-0.4, -0.2) is 35.0 Å². The molecule has 0 radical (unpaired) electrons. The highest BCUT2D eigenvalue weighted by Gasteiger charge is 2.23. The summed E-state index contributed by atoms with van der Waals surface area (Å²) >= 11 is 1.54. The van der Waals surface area contributed by atoms with Gasteiger partial charge in [0.15, 0.2) is 0 Å². The molecular formula is C33H33FN2O3S. The lowest BCUT2D eigenvalue weighted by Gasteiger charge is -2.26. The molecule has 0 aliphatic heterocycles. The van der Waals surface area contributed by atoms with Gasteiger partial charge in [0.25, 0.3) is 5.91 Å². The Labute approximate surface area is 239 Å². The third-order valence-electron chi connectivity index (χ3n) is 6.74. The number of carbonyl (C=O) groups is 2. The largest absolute Gasteiger partial charge is 0.480 e. The molecule has 40 heavy (non-hydrogen) atoms. The second kappa shape index (κ2) is 13.8. The van der Waals surface area contributed by atoms with Gasteiger partial charge >= 0.3 is 5.97 Å². The van der Waals surface area contributed by atoms with Gasteiger partial charge < -0.3 is 15.3 Å². The van der Waals surface area contributed by atoms with Gasteiger partial charge in [-0.2, -0.15) is 11.8 Å². The van der Waals surface area contributed by atoms with Gasteiger partial charge in [0.2, 0.25) is 0 Å².